The molecule has 0 aliphatic carbocycles. The molecule has 3 atom stereocenters. The SMILES string of the molecule is CC(c1ccc(F)c(Br)c1)N1CCC(C(=O)O)C1C. The molecule has 0 radical (unpaired) electrons. The van der Waals surface area contributed by atoms with Crippen molar-refractivity contribution in [3.05, 3.63) is 34.1 Å². The van der Waals surface area contributed by atoms with Gasteiger partial charge in [0.1, 0.15) is 5.82 Å². The zero-order valence-electron chi connectivity index (χ0n) is 10.9. The molecular weight excluding hydrogens is 313 g/mol. The first-order valence-corrected chi connectivity index (χ1v) is 7.14. The summed E-state index contributed by atoms with van der Waals surface area (Å²) in [5.74, 6) is -1.33. The summed E-state index contributed by atoms with van der Waals surface area (Å²) in [6, 6.07) is 5.03. The van der Waals surface area contributed by atoms with Gasteiger partial charge in [-0.3, -0.25) is 9.69 Å². The fourth-order valence-electron chi connectivity index (χ4n) is 2.80. The van der Waals surface area contributed by atoms with E-state index in [0.717, 1.165) is 12.1 Å². The maximum Gasteiger partial charge on any atom is 0.308 e. The highest BCUT2D eigenvalue weighted by molar-refractivity contribution is 9.10. The van der Waals surface area contributed by atoms with Crippen LogP contribution < -0.4 is 0 Å². The number of hydrogen-bond acceptors (Lipinski definition) is 2. The van der Waals surface area contributed by atoms with E-state index in [-0.39, 0.29) is 23.8 Å². The first-order valence-electron chi connectivity index (χ1n) is 6.35. The van der Waals surface area contributed by atoms with Gasteiger partial charge in [-0.2, -0.15) is 0 Å². The van der Waals surface area contributed by atoms with Gasteiger partial charge in [-0.05, 0) is 60.4 Å². The molecule has 0 amide bonds. The maximum absolute atomic E-state index is 13.2. The monoisotopic (exact) mass is 329 g/mol. The topological polar surface area (TPSA) is 40.5 Å². The largest absolute Gasteiger partial charge is 0.481 e. The molecule has 0 aromatic heterocycles. The number of carboxylic acid groups (broad SMARTS) is 1. The molecule has 1 aromatic rings. The third-order valence-corrected chi connectivity index (χ3v) is 4.65. The Morgan fingerprint density at radius 1 is 1.58 bits per heavy atom. The summed E-state index contributed by atoms with van der Waals surface area (Å²) in [7, 11) is 0. The summed E-state index contributed by atoms with van der Waals surface area (Å²) < 4.78 is 13.7. The van der Waals surface area contributed by atoms with Crippen LogP contribution in [-0.2, 0) is 4.79 Å². The highest BCUT2D eigenvalue weighted by Crippen LogP contribution is 2.33. The molecule has 1 N–H and O–H groups in total. The minimum Gasteiger partial charge on any atom is -0.481 e. The summed E-state index contributed by atoms with van der Waals surface area (Å²) >= 11 is 3.19. The fraction of sp³-hybridized carbons (Fsp3) is 0.500. The van der Waals surface area contributed by atoms with Crippen LogP contribution in [0.2, 0.25) is 0 Å². The fourth-order valence-corrected chi connectivity index (χ4v) is 3.20. The van der Waals surface area contributed by atoms with Gasteiger partial charge in [0.25, 0.3) is 0 Å². The molecule has 0 bridgehead atoms. The van der Waals surface area contributed by atoms with Crippen molar-refractivity contribution in [1.29, 1.82) is 0 Å². The number of hydrogen-bond donors (Lipinski definition) is 1. The maximum atomic E-state index is 13.2. The minimum absolute atomic E-state index is 0.00340. The second-order valence-corrected chi connectivity index (χ2v) is 5.92. The molecule has 1 aromatic carbocycles. The van der Waals surface area contributed by atoms with E-state index in [4.69, 9.17) is 5.11 Å². The Kier molecular flexibility index (Phi) is 4.26. The van der Waals surface area contributed by atoms with Crippen molar-refractivity contribution in [3.8, 4) is 0 Å². The molecule has 3 unspecified atom stereocenters. The van der Waals surface area contributed by atoms with Crippen LogP contribution >= 0.6 is 15.9 Å². The molecule has 1 fully saturated rings. The Labute approximate surface area is 120 Å². The molecule has 0 saturated carbocycles. The molecular formula is C14H17BrFNO2. The number of benzene rings is 1. The molecule has 3 nitrogen and oxygen atoms in total. The van der Waals surface area contributed by atoms with Gasteiger partial charge >= 0.3 is 5.97 Å². The zero-order chi connectivity index (χ0) is 14.2. The van der Waals surface area contributed by atoms with Gasteiger partial charge in [0.15, 0.2) is 0 Å². The van der Waals surface area contributed by atoms with Gasteiger partial charge in [-0.25, -0.2) is 4.39 Å². The second kappa shape index (κ2) is 5.59. The van der Waals surface area contributed by atoms with Crippen molar-refractivity contribution < 1.29 is 14.3 Å². The van der Waals surface area contributed by atoms with E-state index in [1.54, 1.807) is 12.1 Å². The molecule has 1 aliphatic heterocycles. The Balaban J connectivity index is 2.18. The van der Waals surface area contributed by atoms with Crippen LogP contribution in [0.25, 0.3) is 0 Å². The summed E-state index contributed by atoms with van der Waals surface area (Å²) in [5, 5.41) is 9.15. The number of aliphatic carboxylic acids is 1. The Hall–Kier alpha value is -0.940. The predicted octanol–water partition coefficient (Wildman–Crippen LogP) is 3.44. The van der Waals surface area contributed by atoms with Crippen LogP contribution in [0, 0.1) is 11.7 Å². The standard InChI is InChI=1S/C14H17BrFNO2/c1-8(10-3-4-13(16)12(15)7-10)17-6-5-11(9(17)2)14(18)19/h3-4,7-9,11H,5-6H2,1-2H3,(H,18,19). The van der Waals surface area contributed by atoms with Crippen molar-refractivity contribution in [2.24, 2.45) is 5.92 Å². The van der Waals surface area contributed by atoms with Crippen molar-refractivity contribution in [2.45, 2.75) is 32.4 Å². The first-order chi connectivity index (χ1) is 8.91. The molecule has 104 valence electrons. The Bertz CT molecular complexity index is 494. The van der Waals surface area contributed by atoms with Crippen LogP contribution in [0.4, 0.5) is 4.39 Å². The Morgan fingerprint density at radius 3 is 2.79 bits per heavy atom. The normalized spacial score (nSPS) is 25.5. The number of nitrogens with zero attached hydrogens (tertiary/aromatic N) is 1. The van der Waals surface area contributed by atoms with Crippen LogP contribution in [0.15, 0.2) is 22.7 Å². The first kappa shape index (κ1) is 14.5. The van der Waals surface area contributed by atoms with E-state index in [0.29, 0.717) is 10.9 Å². The summed E-state index contributed by atoms with van der Waals surface area (Å²) in [5.41, 5.74) is 0.992. The van der Waals surface area contributed by atoms with Gasteiger partial charge in [0.2, 0.25) is 0 Å². The van der Waals surface area contributed by atoms with Gasteiger partial charge in [0.05, 0.1) is 10.4 Å². The molecule has 1 saturated heterocycles. The average Bonchev–Trinajstić information content (AvgIpc) is 2.74. The summed E-state index contributed by atoms with van der Waals surface area (Å²) in [6.45, 7) is 4.73. The minimum atomic E-state index is -0.734. The van der Waals surface area contributed by atoms with Crippen LogP contribution in [-0.4, -0.2) is 28.6 Å². The quantitative estimate of drug-likeness (QED) is 0.923. The lowest BCUT2D eigenvalue weighted by atomic mass is 10.0. The smallest absolute Gasteiger partial charge is 0.308 e. The molecule has 5 heteroatoms. The summed E-state index contributed by atoms with van der Waals surface area (Å²) in [4.78, 5) is 13.3. The number of likely N-dealkylation sites (tertiary alicyclic amines) is 1. The Morgan fingerprint density at radius 2 is 2.26 bits per heavy atom. The predicted molar refractivity (Wildman–Crippen MR) is 74.4 cm³/mol. The summed E-state index contributed by atoms with van der Waals surface area (Å²) in [6.07, 6.45) is 0.670. The third kappa shape index (κ3) is 2.82. The third-order valence-electron chi connectivity index (χ3n) is 4.04. The second-order valence-electron chi connectivity index (χ2n) is 5.06. The molecule has 1 aliphatic rings. The van der Waals surface area contributed by atoms with Crippen molar-refractivity contribution in [1.82, 2.24) is 4.90 Å². The van der Waals surface area contributed by atoms with E-state index >= 15 is 0 Å². The van der Waals surface area contributed by atoms with E-state index in [1.165, 1.54) is 6.07 Å². The van der Waals surface area contributed by atoms with E-state index in [1.807, 2.05) is 13.8 Å². The number of carboxylic acids is 1. The van der Waals surface area contributed by atoms with Crippen molar-refractivity contribution >= 4 is 21.9 Å². The van der Waals surface area contributed by atoms with Crippen LogP contribution in [0.1, 0.15) is 31.9 Å². The van der Waals surface area contributed by atoms with Crippen LogP contribution in [0.5, 0.6) is 0 Å². The highest BCUT2D eigenvalue weighted by Gasteiger charge is 2.38. The lowest BCUT2D eigenvalue weighted by molar-refractivity contribution is -0.142. The lowest BCUT2D eigenvalue weighted by Crippen LogP contribution is -2.34. The van der Waals surface area contributed by atoms with E-state index in [9.17, 15) is 9.18 Å². The molecule has 19 heavy (non-hydrogen) atoms. The number of carbonyl (C=O) groups is 1. The average molecular weight is 330 g/mol. The van der Waals surface area contributed by atoms with E-state index in [2.05, 4.69) is 20.8 Å². The highest BCUT2D eigenvalue weighted by atomic mass is 79.9. The van der Waals surface area contributed by atoms with Crippen molar-refractivity contribution in [3.63, 3.8) is 0 Å². The van der Waals surface area contributed by atoms with E-state index < -0.39 is 5.97 Å². The number of rotatable bonds is 3. The van der Waals surface area contributed by atoms with Gasteiger partial charge in [0, 0.05) is 12.1 Å². The van der Waals surface area contributed by atoms with Crippen molar-refractivity contribution in [2.75, 3.05) is 6.54 Å². The van der Waals surface area contributed by atoms with Gasteiger partial charge in [-0.15, -0.1) is 0 Å². The lowest BCUT2D eigenvalue weighted by Gasteiger charge is -2.30. The number of halogens is 2. The van der Waals surface area contributed by atoms with Gasteiger partial charge < -0.3 is 5.11 Å². The molecule has 0 spiro atoms. The van der Waals surface area contributed by atoms with Gasteiger partial charge in [-0.1, -0.05) is 6.07 Å². The molecule has 2 rings (SSSR count). The van der Waals surface area contributed by atoms with Crippen LogP contribution in [0.3, 0.4) is 0 Å². The zero-order valence-corrected chi connectivity index (χ0v) is 12.5. The molecule has 1 heterocycles.